The molecule has 0 spiro atoms. The number of anilines is 1. The summed E-state index contributed by atoms with van der Waals surface area (Å²) in [4.78, 5) is 39.2. The number of hydrogen-bond donors (Lipinski definition) is 1. The highest BCUT2D eigenvalue weighted by molar-refractivity contribution is 6.18. The number of fused-ring (bicyclic) bond motifs is 1. The normalized spacial score (nSPS) is 16.4. The molecule has 1 fully saturated rings. The van der Waals surface area contributed by atoms with Crippen LogP contribution in [0.2, 0.25) is 0 Å². The summed E-state index contributed by atoms with van der Waals surface area (Å²) in [5.74, 6) is 1.21. The van der Waals surface area contributed by atoms with E-state index in [0.29, 0.717) is 36.2 Å². The molecule has 1 saturated heterocycles. The van der Waals surface area contributed by atoms with Gasteiger partial charge in [0.15, 0.2) is 5.78 Å². The monoisotopic (exact) mass is 392 g/mol. The van der Waals surface area contributed by atoms with Crippen molar-refractivity contribution in [2.75, 3.05) is 31.7 Å². The van der Waals surface area contributed by atoms with Gasteiger partial charge in [0, 0.05) is 44.8 Å². The molecule has 2 aromatic heterocycles. The number of aromatic amines is 1. The lowest BCUT2D eigenvalue weighted by molar-refractivity contribution is -0.120. The van der Waals surface area contributed by atoms with Gasteiger partial charge in [-0.3, -0.25) is 9.59 Å². The summed E-state index contributed by atoms with van der Waals surface area (Å²) in [5, 5.41) is 0.743. The first-order valence-electron chi connectivity index (χ1n) is 9.84. The summed E-state index contributed by atoms with van der Waals surface area (Å²) in [5.41, 5.74) is 1.85. The topological polar surface area (TPSA) is 88.2 Å². The highest BCUT2D eigenvalue weighted by atomic mass is 16.5. The van der Waals surface area contributed by atoms with Crippen LogP contribution in [0.3, 0.4) is 0 Å². The molecular formula is C22H24N4O3. The van der Waals surface area contributed by atoms with Crippen molar-refractivity contribution in [3.8, 4) is 0 Å². The van der Waals surface area contributed by atoms with Crippen LogP contribution in [0, 0.1) is 5.92 Å². The van der Waals surface area contributed by atoms with Crippen LogP contribution in [0.15, 0.2) is 42.9 Å². The zero-order valence-electron chi connectivity index (χ0n) is 16.4. The zero-order valence-corrected chi connectivity index (χ0v) is 16.4. The Labute approximate surface area is 169 Å². The molecule has 0 saturated carbocycles. The van der Waals surface area contributed by atoms with E-state index < -0.39 is 0 Å². The first-order valence-corrected chi connectivity index (χ1v) is 9.84. The lowest BCUT2D eigenvalue weighted by atomic mass is 10.0. The molecule has 3 heterocycles. The number of Topliss-reactive ketones (excluding diaryl/α,β-unsaturated/α-hetero) is 1. The Balaban J connectivity index is 1.58. The molecule has 29 heavy (non-hydrogen) atoms. The molecule has 0 aliphatic carbocycles. The third-order valence-corrected chi connectivity index (χ3v) is 5.42. The second kappa shape index (κ2) is 8.53. The fourth-order valence-corrected chi connectivity index (χ4v) is 3.94. The number of methoxy groups -OCH3 is 1. The van der Waals surface area contributed by atoms with E-state index in [1.54, 1.807) is 13.3 Å². The summed E-state index contributed by atoms with van der Waals surface area (Å²) in [7, 11) is 1.61. The second-order valence-corrected chi connectivity index (χ2v) is 7.40. The number of nitrogens with zero attached hydrogens (tertiary/aromatic N) is 3. The van der Waals surface area contributed by atoms with Crippen molar-refractivity contribution in [2.24, 2.45) is 5.92 Å². The van der Waals surface area contributed by atoms with Crippen LogP contribution in [0.4, 0.5) is 5.82 Å². The molecule has 7 nitrogen and oxygen atoms in total. The van der Waals surface area contributed by atoms with E-state index in [2.05, 4.69) is 19.9 Å². The van der Waals surface area contributed by atoms with Crippen LogP contribution in [0.5, 0.6) is 0 Å². The van der Waals surface area contributed by atoms with E-state index in [1.807, 2.05) is 30.3 Å². The van der Waals surface area contributed by atoms with Gasteiger partial charge in [0.25, 0.3) is 0 Å². The van der Waals surface area contributed by atoms with Crippen molar-refractivity contribution >= 4 is 28.4 Å². The third kappa shape index (κ3) is 4.05. The molecule has 1 unspecified atom stereocenters. The molecule has 7 heteroatoms. The van der Waals surface area contributed by atoms with Gasteiger partial charge in [-0.2, -0.15) is 0 Å². The van der Waals surface area contributed by atoms with Gasteiger partial charge in [-0.05, 0) is 12.3 Å². The summed E-state index contributed by atoms with van der Waals surface area (Å²) in [6, 6.07) is 9.21. The van der Waals surface area contributed by atoms with Gasteiger partial charge in [-0.15, -0.1) is 0 Å². The Kier molecular flexibility index (Phi) is 5.67. The average molecular weight is 392 g/mol. The van der Waals surface area contributed by atoms with Gasteiger partial charge < -0.3 is 14.6 Å². The largest absolute Gasteiger partial charge is 0.384 e. The highest BCUT2D eigenvalue weighted by Gasteiger charge is 2.28. The summed E-state index contributed by atoms with van der Waals surface area (Å²) in [6.45, 7) is 2.02. The number of H-pyrrole nitrogens is 1. The Morgan fingerprint density at radius 1 is 1.24 bits per heavy atom. The molecule has 1 N–H and O–H groups in total. The van der Waals surface area contributed by atoms with Gasteiger partial charge >= 0.3 is 0 Å². The minimum atomic E-state index is -0.0570. The van der Waals surface area contributed by atoms with Crippen LogP contribution in [-0.2, 0) is 9.53 Å². The average Bonchev–Trinajstić information content (AvgIpc) is 3.39. The molecule has 0 radical (unpaired) electrons. The zero-order chi connectivity index (χ0) is 20.2. The Bertz CT molecular complexity index is 1020. The standard InChI is InChI=1S/C22H24N4O3/c1-29-10-8-17(27)11-15-7-9-26(13-15)22-19-18(12-23-21(19)24-14-25-22)20(28)16-5-3-2-4-6-16/h2-6,12,14-15H,7-11,13H2,1H3,(H,23,24,25). The molecule has 1 aromatic carbocycles. The van der Waals surface area contributed by atoms with Crippen molar-refractivity contribution in [1.29, 1.82) is 0 Å². The van der Waals surface area contributed by atoms with Crippen LogP contribution in [0.25, 0.3) is 11.0 Å². The van der Waals surface area contributed by atoms with Gasteiger partial charge in [0.1, 0.15) is 23.6 Å². The fourth-order valence-electron chi connectivity index (χ4n) is 3.94. The molecule has 0 bridgehead atoms. The van der Waals surface area contributed by atoms with Crippen LogP contribution in [-0.4, -0.2) is 53.3 Å². The van der Waals surface area contributed by atoms with Crippen molar-refractivity contribution < 1.29 is 14.3 Å². The van der Waals surface area contributed by atoms with Crippen LogP contribution >= 0.6 is 0 Å². The maximum Gasteiger partial charge on any atom is 0.195 e. The smallest absolute Gasteiger partial charge is 0.195 e. The fraction of sp³-hybridized carbons (Fsp3) is 0.364. The van der Waals surface area contributed by atoms with E-state index in [4.69, 9.17) is 4.74 Å². The lowest BCUT2D eigenvalue weighted by Crippen LogP contribution is -2.22. The number of ketones is 2. The number of rotatable bonds is 8. The predicted molar refractivity (Wildman–Crippen MR) is 110 cm³/mol. The quantitative estimate of drug-likeness (QED) is 0.593. The SMILES string of the molecule is COCCC(=O)CC1CCN(c2ncnc3[nH]cc(C(=O)c4ccccc4)c23)C1. The number of aromatic nitrogens is 3. The van der Waals surface area contributed by atoms with Gasteiger partial charge in [-0.1, -0.05) is 30.3 Å². The summed E-state index contributed by atoms with van der Waals surface area (Å²) in [6.07, 6.45) is 5.16. The molecule has 0 amide bonds. The minimum absolute atomic E-state index is 0.0570. The number of hydrogen-bond acceptors (Lipinski definition) is 6. The second-order valence-electron chi connectivity index (χ2n) is 7.40. The molecule has 3 aromatic rings. The Hall–Kier alpha value is -3.06. The van der Waals surface area contributed by atoms with E-state index in [0.717, 1.165) is 30.7 Å². The summed E-state index contributed by atoms with van der Waals surface area (Å²) < 4.78 is 5.00. The molecule has 1 atom stereocenters. The third-order valence-electron chi connectivity index (χ3n) is 5.42. The van der Waals surface area contributed by atoms with E-state index in [9.17, 15) is 9.59 Å². The first kappa shape index (κ1) is 19.3. The van der Waals surface area contributed by atoms with Gasteiger partial charge in [0.2, 0.25) is 0 Å². The maximum absolute atomic E-state index is 13.0. The van der Waals surface area contributed by atoms with Gasteiger partial charge in [0.05, 0.1) is 17.6 Å². The van der Waals surface area contributed by atoms with E-state index >= 15 is 0 Å². The van der Waals surface area contributed by atoms with Crippen LogP contribution in [0.1, 0.15) is 35.2 Å². The highest BCUT2D eigenvalue weighted by Crippen LogP contribution is 2.32. The number of carbonyl (C=O) groups excluding carboxylic acids is 2. The van der Waals surface area contributed by atoms with E-state index in [-0.39, 0.29) is 17.5 Å². The predicted octanol–water partition coefficient (Wildman–Crippen LogP) is 3.01. The molecular weight excluding hydrogens is 368 g/mol. The van der Waals surface area contributed by atoms with Crippen molar-refractivity contribution in [1.82, 2.24) is 15.0 Å². The van der Waals surface area contributed by atoms with E-state index in [1.165, 1.54) is 6.33 Å². The van der Waals surface area contributed by atoms with Gasteiger partial charge in [-0.25, -0.2) is 9.97 Å². The lowest BCUT2D eigenvalue weighted by Gasteiger charge is -2.18. The molecule has 1 aliphatic rings. The Morgan fingerprint density at radius 2 is 2.07 bits per heavy atom. The van der Waals surface area contributed by atoms with Crippen LogP contribution < -0.4 is 4.90 Å². The minimum Gasteiger partial charge on any atom is -0.384 e. The van der Waals surface area contributed by atoms with Crippen molar-refractivity contribution in [3.63, 3.8) is 0 Å². The summed E-state index contributed by atoms with van der Waals surface area (Å²) >= 11 is 0. The Morgan fingerprint density at radius 3 is 2.86 bits per heavy atom. The number of ether oxygens (including phenoxy) is 1. The number of benzene rings is 1. The molecule has 1 aliphatic heterocycles. The van der Waals surface area contributed by atoms with Crippen molar-refractivity contribution in [2.45, 2.75) is 19.3 Å². The van der Waals surface area contributed by atoms with Crippen molar-refractivity contribution in [3.05, 3.63) is 54.0 Å². The maximum atomic E-state index is 13.0. The number of carbonyl (C=O) groups is 2. The molecule has 150 valence electrons. The molecule has 4 rings (SSSR count). The first-order chi connectivity index (χ1) is 14.2. The number of nitrogens with one attached hydrogen (secondary N) is 1.